The van der Waals surface area contributed by atoms with Crippen molar-refractivity contribution in [2.45, 2.75) is 6.92 Å². The SMILES string of the molecule is Cc1cc(C=O)ccc1Oc1ccc2c(c1)OCO2. The molecule has 0 atom stereocenters. The van der Waals surface area contributed by atoms with Gasteiger partial charge in [-0.3, -0.25) is 4.79 Å². The number of benzene rings is 2. The number of aldehydes is 1. The van der Waals surface area contributed by atoms with Crippen LogP contribution >= 0.6 is 0 Å². The van der Waals surface area contributed by atoms with Gasteiger partial charge in [-0.15, -0.1) is 0 Å². The summed E-state index contributed by atoms with van der Waals surface area (Å²) in [6, 6.07) is 10.7. The third-order valence-electron chi connectivity index (χ3n) is 2.91. The predicted molar refractivity (Wildman–Crippen MR) is 69.2 cm³/mol. The summed E-state index contributed by atoms with van der Waals surface area (Å²) in [5, 5.41) is 0. The summed E-state index contributed by atoms with van der Waals surface area (Å²) in [6.45, 7) is 2.14. The Morgan fingerprint density at radius 2 is 1.95 bits per heavy atom. The second-order valence-electron chi connectivity index (χ2n) is 4.26. The zero-order valence-corrected chi connectivity index (χ0v) is 10.4. The molecule has 96 valence electrons. The van der Waals surface area contributed by atoms with Gasteiger partial charge in [-0.2, -0.15) is 0 Å². The number of hydrogen-bond donors (Lipinski definition) is 0. The van der Waals surface area contributed by atoms with E-state index in [9.17, 15) is 4.79 Å². The van der Waals surface area contributed by atoms with Gasteiger partial charge < -0.3 is 14.2 Å². The molecule has 1 aliphatic heterocycles. The van der Waals surface area contributed by atoms with Crippen LogP contribution in [-0.2, 0) is 0 Å². The van der Waals surface area contributed by atoms with E-state index < -0.39 is 0 Å². The van der Waals surface area contributed by atoms with Gasteiger partial charge in [0.25, 0.3) is 0 Å². The monoisotopic (exact) mass is 256 g/mol. The van der Waals surface area contributed by atoms with E-state index in [2.05, 4.69) is 0 Å². The smallest absolute Gasteiger partial charge is 0.231 e. The van der Waals surface area contributed by atoms with Crippen molar-refractivity contribution >= 4 is 6.29 Å². The molecule has 4 heteroatoms. The van der Waals surface area contributed by atoms with Crippen molar-refractivity contribution in [2.24, 2.45) is 0 Å². The maximum atomic E-state index is 10.7. The number of carbonyl (C=O) groups is 1. The largest absolute Gasteiger partial charge is 0.457 e. The van der Waals surface area contributed by atoms with E-state index in [1.165, 1.54) is 0 Å². The van der Waals surface area contributed by atoms with Crippen LogP contribution in [0.5, 0.6) is 23.0 Å². The zero-order valence-electron chi connectivity index (χ0n) is 10.4. The van der Waals surface area contributed by atoms with Crippen LogP contribution in [-0.4, -0.2) is 13.1 Å². The number of ether oxygens (including phenoxy) is 3. The van der Waals surface area contributed by atoms with Crippen molar-refractivity contribution in [1.82, 2.24) is 0 Å². The first-order valence-corrected chi connectivity index (χ1v) is 5.89. The Morgan fingerprint density at radius 1 is 1.11 bits per heavy atom. The second kappa shape index (κ2) is 4.65. The Kier molecular flexibility index (Phi) is 2.83. The van der Waals surface area contributed by atoms with Gasteiger partial charge in [0.05, 0.1) is 0 Å². The third kappa shape index (κ3) is 2.25. The van der Waals surface area contributed by atoms with Gasteiger partial charge in [0.2, 0.25) is 6.79 Å². The molecule has 0 saturated carbocycles. The lowest BCUT2D eigenvalue weighted by Gasteiger charge is -2.09. The Morgan fingerprint density at radius 3 is 2.74 bits per heavy atom. The molecule has 0 fully saturated rings. The molecule has 0 unspecified atom stereocenters. The van der Waals surface area contributed by atoms with Crippen LogP contribution in [0, 0.1) is 6.92 Å². The molecule has 0 aliphatic carbocycles. The summed E-state index contributed by atoms with van der Waals surface area (Å²) >= 11 is 0. The summed E-state index contributed by atoms with van der Waals surface area (Å²) in [5.41, 5.74) is 1.54. The first-order valence-electron chi connectivity index (χ1n) is 5.89. The van der Waals surface area contributed by atoms with E-state index >= 15 is 0 Å². The fourth-order valence-electron chi connectivity index (χ4n) is 1.93. The molecule has 0 N–H and O–H groups in total. The first kappa shape index (κ1) is 11.6. The number of aryl methyl sites for hydroxylation is 1. The van der Waals surface area contributed by atoms with Crippen molar-refractivity contribution in [1.29, 1.82) is 0 Å². The molecular weight excluding hydrogens is 244 g/mol. The summed E-state index contributed by atoms with van der Waals surface area (Å²) in [5.74, 6) is 2.79. The highest BCUT2D eigenvalue weighted by Gasteiger charge is 2.14. The molecule has 2 aromatic carbocycles. The van der Waals surface area contributed by atoms with E-state index in [0.717, 1.165) is 17.6 Å². The van der Waals surface area contributed by atoms with Crippen LogP contribution in [0.15, 0.2) is 36.4 Å². The Bertz CT molecular complexity index is 634. The van der Waals surface area contributed by atoms with Crippen LogP contribution < -0.4 is 14.2 Å². The van der Waals surface area contributed by atoms with Gasteiger partial charge in [-0.05, 0) is 42.8 Å². The molecule has 0 bridgehead atoms. The molecule has 0 amide bonds. The molecule has 1 aliphatic rings. The van der Waals surface area contributed by atoms with E-state index in [-0.39, 0.29) is 6.79 Å². The molecule has 19 heavy (non-hydrogen) atoms. The van der Waals surface area contributed by atoms with Crippen molar-refractivity contribution < 1.29 is 19.0 Å². The Balaban J connectivity index is 1.87. The average Bonchev–Trinajstić information content (AvgIpc) is 2.88. The van der Waals surface area contributed by atoms with Crippen LogP contribution in [0.1, 0.15) is 15.9 Å². The number of fused-ring (bicyclic) bond motifs is 1. The second-order valence-corrected chi connectivity index (χ2v) is 4.26. The van der Waals surface area contributed by atoms with Crippen LogP contribution in [0.4, 0.5) is 0 Å². The highest BCUT2D eigenvalue weighted by molar-refractivity contribution is 5.75. The van der Waals surface area contributed by atoms with Gasteiger partial charge in [-0.1, -0.05) is 0 Å². The van der Waals surface area contributed by atoms with Gasteiger partial charge in [0.15, 0.2) is 11.5 Å². The van der Waals surface area contributed by atoms with Gasteiger partial charge >= 0.3 is 0 Å². The molecule has 0 radical (unpaired) electrons. The molecule has 0 saturated heterocycles. The minimum atomic E-state index is 0.242. The van der Waals surface area contributed by atoms with Gasteiger partial charge in [0.1, 0.15) is 17.8 Å². The van der Waals surface area contributed by atoms with Gasteiger partial charge in [-0.25, -0.2) is 0 Å². The molecule has 0 spiro atoms. The van der Waals surface area contributed by atoms with Gasteiger partial charge in [0, 0.05) is 11.6 Å². The highest BCUT2D eigenvalue weighted by atomic mass is 16.7. The lowest BCUT2D eigenvalue weighted by atomic mass is 10.1. The van der Waals surface area contributed by atoms with E-state index in [0.29, 0.717) is 22.8 Å². The van der Waals surface area contributed by atoms with Crippen molar-refractivity contribution in [3.8, 4) is 23.0 Å². The summed E-state index contributed by atoms with van der Waals surface area (Å²) < 4.78 is 16.3. The quantitative estimate of drug-likeness (QED) is 0.790. The predicted octanol–water partition coefficient (Wildman–Crippen LogP) is 3.33. The highest BCUT2D eigenvalue weighted by Crippen LogP contribution is 2.37. The van der Waals surface area contributed by atoms with Crippen LogP contribution in [0.25, 0.3) is 0 Å². The maximum Gasteiger partial charge on any atom is 0.231 e. The van der Waals surface area contributed by atoms with E-state index in [4.69, 9.17) is 14.2 Å². The fraction of sp³-hybridized carbons (Fsp3) is 0.133. The molecular formula is C15H12O4. The lowest BCUT2D eigenvalue weighted by molar-refractivity contribution is 0.112. The normalized spacial score (nSPS) is 12.3. The summed E-state index contributed by atoms with van der Waals surface area (Å²) in [7, 11) is 0. The minimum Gasteiger partial charge on any atom is -0.457 e. The summed E-state index contributed by atoms with van der Waals surface area (Å²) in [6.07, 6.45) is 0.817. The Labute approximate surface area is 110 Å². The molecule has 1 heterocycles. The molecule has 2 aromatic rings. The van der Waals surface area contributed by atoms with Crippen molar-refractivity contribution in [2.75, 3.05) is 6.79 Å². The topological polar surface area (TPSA) is 44.8 Å². The lowest BCUT2D eigenvalue weighted by Crippen LogP contribution is -1.93. The standard InChI is InChI=1S/C15H12O4/c1-10-6-11(8-16)2-4-13(10)19-12-3-5-14-15(7-12)18-9-17-14/h2-8H,9H2,1H3. The fourth-order valence-corrected chi connectivity index (χ4v) is 1.93. The number of hydrogen-bond acceptors (Lipinski definition) is 4. The van der Waals surface area contributed by atoms with Crippen molar-refractivity contribution in [3.63, 3.8) is 0 Å². The molecule has 4 nitrogen and oxygen atoms in total. The minimum absolute atomic E-state index is 0.242. The van der Waals surface area contributed by atoms with Crippen LogP contribution in [0.3, 0.4) is 0 Å². The van der Waals surface area contributed by atoms with Crippen molar-refractivity contribution in [3.05, 3.63) is 47.5 Å². The zero-order chi connectivity index (χ0) is 13.2. The van der Waals surface area contributed by atoms with Crippen LogP contribution in [0.2, 0.25) is 0 Å². The number of carbonyl (C=O) groups excluding carboxylic acids is 1. The van der Waals surface area contributed by atoms with E-state index in [1.54, 1.807) is 24.3 Å². The van der Waals surface area contributed by atoms with E-state index in [1.807, 2.05) is 19.1 Å². The molecule has 0 aromatic heterocycles. The third-order valence-corrected chi connectivity index (χ3v) is 2.91. The maximum absolute atomic E-state index is 10.7. The number of rotatable bonds is 3. The average molecular weight is 256 g/mol. The first-order chi connectivity index (χ1) is 9.26. The summed E-state index contributed by atoms with van der Waals surface area (Å²) in [4.78, 5) is 10.7. The molecule has 3 rings (SSSR count). The Hall–Kier alpha value is -2.49.